The minimum absolute atomic E-state index is 0.0443. The highest BCUT2D eigenvalue weighted by molar-refractivity contribution is 5.95. The number of carbonyl (C=O) groups is 1. The molecule has 0 aliphatic heterocycles. The number of aliphatic hydroxyl groups excluding tert-OH is 1. The number of aliphatic hydroxyl groups is 1. The van der Waals surface area contributed by atoms with E-state index in [1.165, 1.54) is 0 Å². The molecule has 172 valence electrons. The van der Waals surface area contributed by atoms with Crippen LogP contribution in [0.25, 0.3) is 16.9 Å². The Balaban J connectivity index is 1.81. The van der Waals surface area contributed by atoms with Crippen LogP contribution in [0.2, 0.25) is 0 Å². The number of amides is 1. The molecule has 12 heteroatoms. The molecule has 0 bridgehead atoms. The summed E-state index contributed by atoms with van der Waals surface area (Å²) in [6.07, 6.45) is -0.716. The van der Waals surface area contributed by atoms with Crippen molar-refractivity contribution in [1.29, 1.82) is 0 Å². The van der Waals surface area contributed by atoms with Gasteiger partial charge < -0.3 is 10.4 Å². The second-order valence-corrected chi connectivity index (χ2v) is 7.53. The van der Waals surface area contributed by atoms with Gasteiger partial charge in [-0.15, -0.1) is 0 Å². The van der Waals surface area contributed by atoms with Crippen LogP contribution in [-0.2, 0) is 6.18 Å². The minimum Gasteiger partial charge on any atom is -0.391 e. The highest BCUT2D eigenvalue weighted by atomic mass is 19.4. The molecule has 0 spiro atoms. The van der Waals surface area contributed by atoms with Crippen LogP contribution in [0.1, 0.15) is 35.3 Å². The summed E-state index contributed by atoms with van der Waals surface area (Å²) in [6.45, 7) is 0. The van der Waals surface area contributed by atoms with Gasteiger partial charge in [0.2, 0.25) is 0 Å². The van der Waals surface area contributed by atoms with E-state index in [1.807, 2.05) is 0 Å². The summed E-state index contributed by atoms with van der Waals surface area (Å²) in [5.41, 5.74) is -2.44. The van der Waals surface area contributed by atoms with Gasteiger partial charge in [0.1, 0.15) is 17.1 Å². The van der Waals surface area contributed by atoms with Gasteiger partial charge in [0, 0.05) is 17.8 Å². The molecular formula is C21H17F4N5O3. The molecule has 1 aliphatic carbocycles. The lowest BCUT2D eigenvalue weighted by Crippen LogP contribution is -2.42. The monoisotopic (exact) mass is 463 g/mol. The van der Waals surface area contributed by atoms with Crippen LogP contribution in [0.5, 0.6) is 0 Å². The first kappa shape index (κ1) is 22.5. The molecule has 3 heterocycles. The summed E-state index contributed by atoms with van der Waals surface area (Å²) >= 11 is 0. The average Bonchev–Trinajstić information content (AvgIpc) is 3.17. The molecule has 1 fully saturated rings. The summed E-state index contributed by atoms with van der Waals surface area (Å²) in [5, 5.41) is 16.7. The third-order valence-electron chi connectivity index (χ3n) is 5.24. The fourth-order valence-corrected chi connectivity index (χ4v) is 3.56. The lowest BCUT2D eigenvalue weighted by molar-refractivity contribution is -0.141. The van der Waals surface area contributed by atoms with E-state index >= 15 is 0 Å². The van der Waals surface area contributed by atoms with Crippen molar-refractivity contribution < 1.29 is 27.5 Å². The maximum absolute atomic E-state index is 13.7. The fraction of sp³-hybridized carbons (Fsp3) is 0.286. The maximum Gasteiger partial charge on any atom is 0.433 e. The molecule has 1 aliphatic rings. The lowest BCUT2D eigenvalue weighted by atomic mass is 10.1. The predicted octanol–water partition coefficient (Wildman–Crippen LogP) is 2.49. The van der Waals surface area contributed by atoms with Crippen LogP contribution in [-0.4, -0.2) is 42.9 Å². The van der Waals surface area contributed by atoms with Gasteiger partial charge in [0.15, 0.2) is 0 Å². The van der Waals surface area contributed by atoms with Crippen LogP contribution in [0.15, 0.2) is 47.7 Å². The molecule has 1 amide bonds. The zero-order valence-corrected chi connectivity index (χ0v) is 16.9. The number of hydrogen-bond donors (Lipinski definition) is 2. The van der Waals surface area contributed by atoms with Crippen molar-refractivity contribution in [1.82, 2.24) is 25.1 Å². The molecule has 3 aromatic rings. The van der Waals surface area contributed by atoms with Crippen molar-refractivity contribution in [2.75, 3.05) is 0 Å². The number of rotatable bonds is 4. The molecule has 0 saturated heterocycles. The van der Waals surface area contributed by atoms with E-state index in [2.05, 4.69) is 20.4 Å². The van der Waals surface area contributed by atoms with Gasteiger partial charge in [-0.1, -0.05) is 0 Å². The Morgan fingerprint density at radius 1 is 1.15 bits per heavy atom. The van der Waals surface area contributed by atoms with Gasteiger partial charge in [0.25, 0.3) is 11.5 Å². The number of hydrogen-bond acceptors (Lipinski definition) is 6. The van der Waals surface area contributed by atoms with Crippen LogP contribution in [0, 0.1) is 5.82 Å². The van der Waals surface area contributed by atoms with Crippen molar-refractivity contribution in [3.63, 3.8) is 0 Å². The second-order valence-electron chi connectivity index (χ2n) is 7.53. The van der Waals surface area contributed by atoms with Gasteiger partial charge in [-0.2, -0.15) is 23.0 Å². The maximum atomic E-state index is 13.7. The quantitative estimate of drug-likeness (QED) is 0.576. The van der Waals surface area contributed by atoms with Gasteiger partial charge in [-0.3, -0.25) is 19.6 Å². The van der Waals surface area contributed by atoms with Gasteiger partial charge in [-0.05, 0) is 37.5 Å². The molecule has 2 N–H and O–H groups in total. The highest BCUT2D eigenvalue weighted by Gasteiger charge is 2.32. The number of pyridine rings is 2. The summed E-state index contributed by atoms with van der Waals surface area (Å²) in [7, 11) is 0. The zero-order chi connectivity index (χ0) is 23.8. The molecule has 0 radical (unpaired) electrons. The first-order valence-electron chi connectivity index (χ1n) is 9.91. The van der Waals surface area contributed by atoms with Crippen LogP contribution in [0.4, 0.5) is 17.6 Å². The molecule has 33 heavy (non-hydrogen) atoms. The molecule has 0 aromatic carbocycles. The standard InChI is InChI=1S/C21H17F4N5O3/c22-12-6-13(10-26-9-12)30-20(33)14(19(32)28-15-2-1-3-17(15)31)7-16(29-30)11-4-5-18(27-8-11)21(23,24)25/h4-10,15,17,31H,1-3H2,(H,28,32). The van der Waals surface area contributed by atoms with E-state index in [-0.39, 0.29) is 22.5 Å². The first-order valence-corrected chi connectivity index (χ1v) is 9.91. The Labute approximate surface area is 183 Å². The average molecular weight is 463 g/mol. The fourth-order valence-electron chi connectivity index (χ4n) is 3.56. The zero-order valence-electron chi connectivity index (χ0n) is 16.9. The molecule has 2 atom stereocenters. The third-order valence-corrected chi connectivity index (χ3v) is 5.24. The molecule has 4 rings (SSSR count). The SMILES string of the molecule is O=C(NC1CCCC1O)c1cc(-c2ccc(C(F)(F)F)nc2)nn(-c2cncc(F)c2)c1=O. The summed E-state index contributed by atoms with van der Waals surface area (Å²) in [5.74, 6) is -1.56. The Hall–Kier alpha value is -3.67. The number of alkyl halides is 3. The molecular weight excluding hydrogens is 446 g/mol. The van der Waals surface area contributed by atoms with E-state index in [9.17, 15) is 32.3 Å². The van der Waals surface area contributed by atoms with E-state index in [1.54, 1.807) is 0 Å². The van der Waals surface area contributed by atoms with Crippen molar-refractivity contribution >= 4 is 5.91 Å². The number of nitrogens with one attached hydrogen (secondary N) is 1. The number of aromatic nitrogens is 4. The Morgan fingerprint density at radius 3 is 2.55 bits per heavy atom. The number of halogens is 4. The lowest BCUT2D eigenvalue weighted by Gasteiger charge is -2.17. The van der Waals surface area contributed by atoms with Crippen molar-refractivity contribution in [2.45, 2.75) is 37.6 Å². The topological polar surface area (TPSA) is 110 Å². The van der Waals surface area contributed by atoms with Crippen molar-refractivity contribution in [3.05, 3.63) is 70.3 Å². The number of carbonyl (C=O) groups excluding carboxylic acids is 1. The predicted molar refractivity (Wildman–Crippen MR) is 107 cm³/mol. The summed E-state index contributed by atoms with van der Waals surface area (Å²) < 4.78 is 53.0. The smallest absolute Gasteiger partial charge is 0.391 e. The van der Waals surface area contributed by atoms with Gasteiger partial charge in [0.05, 0.1) is 35.9 Å². The van der Waals surface area contributed by atoms with Crippen LogP contribution >= 0.6 is 0 Å². The van der Waals surface area contributed by atoms with Crippen LogP contribution in [0.3, 0.4) is 0 Å². The van der Waals surface area contributed by atoms with Crippen LogP contribution < -0.4 is 10.9 Å². The first-order chi connectivity index (χ1) is 15.6. The van der Waals surface area contributed by atoms with Gasteiger partial charge >= 0.3 is 6.18 Å². The van der Waals surface area contributed by atoms with Crippen molar-refractivity contribution in [3.8, 4) is 16.9 Å². The molecule has 1 saturated carbocycles. The van der Waals surface area contributed by atoms with Crippen molar-refractivity contribution in [2.24, 2.45) is 0 Å². The summed E-state index contributed by atoms with van der Waals surface area (Å²) in [6, 6.07) is 3.38. The Bertz CT molecular complexity index is 1240. The largest absolute Gasteiger partial charge is 0.433 e. The van der Waals surface area contributed by atoms with E-state index < -0.39 is 41.3 Å². The molecule has 2 unspecified atom stereocenters. The van der Waals surface area contributed by atoms with Gasteiger partial charge in [-0.25, -0.2) is 4.39 Å². The molecule has 8 nitrogen and oxygen atoms in total. The normalized spacial score (nSPS) is 18.3. The second kappa shape index (κ2) is 8.70. The Kier molecular flexibility index (Phi) is 5.93. The van der Waals surface area contributed by atoms with E-state index in [0.29, 0.717) is 19.3 Å². The highest BCUT2D eigenvalue weighted by Crippen LogP contribution is 2.28. The summed E-state index contributed by atoms with van der Waals surface area (Å²) in [4.78, 5) is 32.9. The van der Waals surface area contributed by atoms with E-state index in [4.69, 9.17) is 0 Å². The number of nitrogens with zero attached hydrogens (tertiary/aromatic N) is 4. The Morgan fingerprint density at radius 2 is 1.94 bits per heavy atom. The molecule has 3 aromatic heterocycles. The minimum atomic E-state index is -4.65. The third kappa shape index (κ3) is 4.75. The van der Waals surface area contributed by atoms with E-state index in [0.717, 1.165) is 47.5 Å².